The molecule has 3 N–H and O–H groups in total. The number of sulfonamides is 1. The van der Waals surface area contributed by atoms with Gasteiger partial charge in [-0.25, -0.2) is 13.1 Å². The molecule has 2 unspecified atom stereocenters. The molecule has 5 nitrogen and oxygen atoms in total. The van der Waals surface area contributed by atoms with E-state index in [0.717, 1.165) is 31.0 Å². The van der Waals surface area contributed by atoms with Gasteiger partial charge in [0.15, 0.2) is 0 Å². The number of aromatic amines is 1. The van der Waals surface area contributed by atoms with E-state index in [2.05, 4.69) is 21.9 Å². The van der Waals surface area contributed by atoms with Crippen LogP contribution in [0.2, 0.25) is 0 Å². The summed E-state index contributed by atoms with van der Waals surface area (Å²) in [5, 5.41) is 3.16. The van der Waals surface area contributed by atoms with Crippen LogP contribution in [0.25, 0.3) is 0 Å². The molecule has 1 saturated carbocycles. The molecule has 0 aromatic carbocycles. The lowest BCUT2D eigenvalue weighted by Crippen LogP contribution is -2.28. The summed E-state index contributed by atoms with van der Waals surface area (Å²) in [6, 6.07) is 1.70. The monoisotopic (exact) mass is 299 g/mol. The van der Waals surface area contributed by atoms with E-state index in [1.54, 1.807) is 12.3 Å². The van der Waals surface area contributed by atoms with Crippen molar-refractivity contribution in [3.63, 3.8) is 0 Å². The molecule has 0 amide bonds. The largest absolute Gasteiger partial charge is 0.363 e. The fraction of sp³-hybridized carbons (Fsp3) is 0.714. The Balaban J connectivity index is 1.90. The van der Waals surface area contributed by atoms with E-state index in [0.29, 0.717) is 23.9 Å². The summed E-state index contributed by atoms with van der Waals surface area (Å²) in [6.07, 6.45) is 5.03. The maximum absolute atomic E-state index is 12.2. The maximum Gasteiger partial charge on any atom is 0.242 e. The third-order valence-electron chi connectivity index (χ3n) is 3.96. The molecule has 0 bridgehead atoms. The molecule has 1 aromatic heterocycles. The van der Waals surface area contributed by atoms with Crippen molar-refractivity contribution in [3.8, 4) is 0 Å². The molecule has 1 aromatic rings. The van der Waals surface area contributed by atoms with Gasteiger partial charge in [-0.3, -0.25) is 0 Å². The number of aromatic nitrogens is 1. The molecule has 1 aliphatic carbocycles. The van der Waals surface area contributed by atoms with Gasteiger partial charge in [0.05, 0.1) is 4.90 Å². The zero-order valence-electron chi connectivity index (χ0n) is 12.3. The van der Waals surface area contributed by atoms with Crippen LogP contribution in [0.5, 0.6) is 0 Å². The maximum atomic E-state index is 12.2. The average Bonchev–Trinajstić information content (AvgIpc) is 3.03. The van der Waals surface area contributed by atoms with Gasteiger partial charge in [-0.05, 0) is 37.3 Å². The Morgan fingerprint density at radius 3 is 2.85 bits per heavy atom. The Labute approximate surface area is 121 Å². The highest BCUT2D eigenvalue weighted by molar-refractivity contribution is 7.89. The van der Waals surface area contributed by atoms with Gasteiger partial charge >= 0.3 is 0 Å². The molecule has 2 rings (SSSR count). The van der Waals surface area contributed by atoms with E-state index >= 15 is 0 Å². The van der Waals surface area contributed by atoms with Gasteiger partial charge in [0.1, 0.15) is 0 Å². The lowest BCUT2D eigenvalue weighted by Gasteiger charge is -2.10. The minimum absolute atomic E-state index is 0.330. The van der Waals surface area contributed by atoms with E-state index in [1.165, 1.54) is 6.42 Å². The van der Waals surface area contributed by atoms with Gasteiger partial charge in [0, 0.05) is 25.0 Å². The standard InChI is InChI=1S/C14H25N3O2S/c1-3-15-9-13-7-14(10-16-13)20(18,19)17-8-12-5-4-11(2)6-12/h7,10-12,15-17H,3-6,8-9H2,1-2H3. The summed E-state index contributed by atoms with van der Waals surface area (Å²) in [4.78, 5) is 3.33. The molecule has 1 aliphatic rings. The predicted molar refractivity (Wildman–Crippen MR) is 79.9 cm³/mol. The minimum Gasteiger partial charge on any atom is -0.363 e. The number of hydrogen-bond acceptors (Lipinski definition) is 3. The molecule has 6 heteroatoms. The Morgan fingerprint density at radius 2 is 2.20 bits per heavy atom. The molecule has 0 spiro atoms. The lowest BCUT2D eigenvalue weighted by molar-refractivity contribution is 0.498. The van der Waals surface area contributed by atoms with Crippen molar-refractivity contribution in [1.29, 1.82) is 0 Å². The fourth-order valence-electron chi connectivity index (χ4n) is 2.76. The molecule has 2 atom stereocenters. The second-order valence-electron chi connectivity index (χ2n) is 5.78. The summed E-state index contributed by atoms with van der Waals surface area (Å²) in [7, 11) is -3.38. The van der Waals surface area contributed by atoms with Crippen molar-refractivity contribution in [1.82, 2.24) is 15.0 Å². The SMILES string of the molecule is CCNCc1cc(S(=O)(=O)NCC2CCC(C)C2)c[nH]1. The second-order valence-corrected chi connectivity index (χ2v) is 7.54. The van der Waals surface area contributed by atoms with E-state index in [1.807, 2.05) is 6.92 Å². The van der Waals surface area contributed by atoms with Crippen molar-refractivity contribution < 1.29 is 8.42 Å². The van der Waals surface area contributed by atoms with Crippen molar-refractivity contribution >= 4 is 10.0 Å². The molecular weight excluding hydrogens is 274 g/mol. The summed E-state index contributed by atoms with van der Waals surface area (Å²) < 4.78 is 27.2. The zero-order valence-corrected chi connectivity index (χ0v) is 13.1. The zero-order chi connectivity index (χ0) is 14.6. The van der Waals surface area contributed by atoms with Crippen molar-refractivity contribution in [2.45, 2.75) is 44.6 Å². The molecule has 1 heterocycles. The normalized spacial score (nSPS) is 23.3. The van der Waals surface area contributed by atoms with E-state index in [4.69, 9.17) is 0 Å². The first-order valence-electron chi connectivity index (χ1n) is 7.39. The number of nitrogens with one attached hydrogen (secondary N) is 3. The van der Waals surface area contributed by atoms with E-state index in [-0.39, 0.29) is 0 Å². The highest BCUT2D eigenvalue weighted by atomic mass is 32.2. The number of hydrogen-bond donors (Lipinski definition) is 3. The minimum atomic E-state index is -3.38. The summed E-state index contributed by atoms with van der Waals surface area (Å²) in [5.41, 5.74) is 0.890. The molecule has 114 valence electrons. The van der Waals surface area contributed by atoms with Gasteiger partial charge in [-0.2, -0.15) is 0 Å². The van der Waals surface area contributed by atoms with Crippen LogP contribution in [0, 0.1) is 11.8 Å². The third-order valence-corrected chi connectivity index (χ3v) is 5.36. The summed E-state index contributed by atoms with van der Waals surface area (Å²) >= 11 is 0. The van der Waals surface area contributed by atoms with Crippen LogP contribution in [-0.4, -0.2) is 26.5 Å². The summed E-state index contributed by atoms with van der Waals surface area (Å²) in [6.45, 7) is 6.32. The molecular formula is C14H25N3O2S. The van der Waals surface area contributed by atoms with Crippen LogP contribution in [0.3, 0.4) is 0 Å². The van der Waals surface area contributed by atoms with Gasteiger partial charge in [0.2, 0.25) is 10.0 Å². The van der Waals surface area contributed by atoms with Crippen LogP contribution in [0.15, 0.2) is 17.2 Å². The molecule has 0 aliphatic heterocycles. The first kappa shape index (κ1) is 15.5. The van der Waals surface area contributed by atoms with Crippen molar-refractivity contribution in [2.75, 3.05) is 13.1 Å². The molecule has 0 saturated heterocycles. The Kier molecular flexibility index (Phi) is 5.23. The Bertz CT molecular complexity index is 524. The highest BCUT2D eigenvalue weighted by Crippen LogP contribution is 2.29. The van der Waals surface area contributed by atoms with E-state index < -0.39 is 10.0 Å². The topological polar surface area (TPSA) is 74.0 Å². The first-order valence-corrected chi connectivity index (χ1v) is 8.87. The quantitative estimate of drug-likeness (QED) is 0.719. The Morgan fingerprint density at radius 1 is 1.40 bits per heavy atom. The average molecular weight is 299 g/mol. The van der Waals surface area contributed by atoms with Crippen molar-refractivity contribution in [3.05, 3.63) is 18.0 Å². The van der Waals surface area contributed by atoms with E-state index in [9.17, 15) is 8.42 Å². The van der Waals surface area contributed by atoms with Crippen LogP contribution in [0.1, 0.15) is 38.8 Å². The fourth-order valence-corrected chi connectivity index (χ4v) is 3.89. The van der Waals surface area contributed by atoms with Crippen LogP contribution in [-0.2, 0) is 16.6 Å². The van der Waals surface area contributed by atoms with Crippen LogP contribution < -0.4 is 10.0 Å². The molecule has 1 fully saturated rings. The Hall–Kier alpha value is -0.850. The van der Waals surface area contributed by atoms with Crippen LogP contribution in [0.4, 0.5) is 0 Å². The third kappa shape index (κ3) is 4.07. The highest BCUT2D eigenvalue weighted by Gasteiger charge is 2.24. The van der Waals surface area contributed by atoms with Gasteiger partial charge in [0.25, 0.3) is 0 Å². The van der Waals surface area contributed by atoms with Gasteiger partial charge in [-0.1, -0.05) is 20.3 Å². The van der Waals surface area contributed by atoms with Gasteiger partial charge < -0.3 is 10.3 Å². The number of rotatable bonds is 7. The first-order chi connectivity index (χ1) is 9.51. The predicted octanol–water partition coefficient (Wildman–Crippen LogP) is 1.84. The lowest BCUT2D eigenvalue weighted by atomic mass is 10.1. The van der Waals surface area contributed by atoms with Crippen LogP contribution >= 0.6 is 0 Å². The van der Waals surface area contributed by atoms with Crippen molar-refractivity contribution in [2.24, 2.45) is 11.8 Å². The smallest absolute Gasteiger partial charge is 0.242 e. The molecule has 20 heavy (non-hydrogen) atoms. The number of H-pyrrole nitrogens is 1. The molecule has 0 radical (unpaired) electrons. The van der Waals surface area contributed by atoms with Gasteiger partial charge in [-0.15, -0.1) is 0 Å². The second kappa shape index (κ2) is 6.74. The summed E-state index contributed by atoms with van der Waals surface area (Å²) in [5.74, 6) is 1.21.